The highest BCUT2D eigenvalue weighted by Gasteiger charge is 2.27. The second-order valence-electron chi connectivity index (χ2n) is 6.84. The van der Waals surface area contributed by atoms with E-state index in [1.165, 1.54) is 4.88 Å². The lowest BCUT2D eigenvalue weighted by molar-refractivity contribution is -0.125. The number of pyridine rings is 1. The van der Waals surface area contributed by atoms with Crippen LogP contribution in [-0.4, -0.2) is 21.8 Å². The highest BCUT2D eigenvalue weighted by Crippen LogP contribution is 2.34. The van der Waals surface area contributed by atoms with Crippen LogP contribution in [0.25, 0.3) is 10.6 Å². The van der Waals surface area contributed by atoms with Crippen LogP contribution in [0.15, 0.2) is 48.8 Å². The van der Waals surface area contributed by atoms with E-state index >= 15 is 0 Å². The fourth-order valence-corrected chi connectivity index (χ4v) is 4.45. The van der Waals surface area contributed by atoms with Gasteiger partial charge in [0.05, 0.1) is 5.69 Å². The highest BCUT2D eigenvalue weighted by molar-refractivity contribution is 7.15. The van der Waals surface area contributed by atoms with Gasteiger partial charge in [-0.15, -0.1) is 11.3 Å². The van der Waals surface area contributed by atoms with Crippen LogP contribution in [0.2, 0.25) is 0 Å². The first-order valence-electron chi connectivity index (χ1n) is 9.15. The molecule has 0 bridgehead atoms. The molecule has 1 aromatic carbocycles. The Morgan fingerprint density at radius 2 is 1.89 bits per heavy atom. The van der Waals surface area contributed by atoms with Crippen molar-refractivity contribution in [3.63, 3.8) is 0 Å². The number of nitrogens with one attached hydrogen (secondary N) is 1. The summed E-state index contributed by atoms with van der Waals surface area (Å²) in [5, 5.41) is 3.99. The van der Waals surface area contributed by atoms with Crippen LogP contribution in [0, 0.1) is 5.92 Å². The number of hydrogen-bond donors (Lipinski definition) is 2. The lowest BCUT2D eigenvalue weighted by Crippen LogP contribution is -2.33. The van der Waals surface area contributed by atoms with Crippen LogP contribution in [0.5, 0.6) is 0 Å². The number of carbonyl (C=O) groups is 2. The molecule has 2 heterocycles. The van der Waals surface area contributed by atoms with E-state index in [9.17, 15) is 9.59 Å². The molecule has 1 aliphatic carbocycles. The Morgan fingerprint density at radius 3 is 2.61 bits per heavy atom. The van der Waals surface area contributed by atoms with E-state index in [0.29, 0.717) is 18.5 Å². The van der Waals surface area contributed by atoms with Gasteiger partial charge in [0, 0.05) is 47.3 Å². The van der Waals surface area contributed by atoms with Gasteiger partial charge in [0.1, 0.15) is 5.01 Å². The number of hydrogen-bond acceptors (Lipinski definition) is 5. The van der Waals surface area contributed by atoms with Crippen molar-refractivity contribution in [1.82, 2.24) is 15.3 Å². The number of rotatable bonds is 5. The molecule has 2 aromatic heterocycles. The van der Waals surface area contributed by atoms with Gasteiger partial charge in [-0.3, -0.25) is 14.6 Å². The first kappa shape index (κ1) is 18.3. The molecule has 0 saturated heterocycles. The molecule has 1 atom stereocenters. The van der Waals surface area contributed by atoms with Crippen LogP contribution in [0.1, 0.15) is 32.9 Å². The van der Waals surface area contributed by atoms with Gasteiger partial charge >= 0.3 is 0 Å². The van der Waals surface area contributed by atoms with Crippen molar-refractivity contribution in [2.24, 2.45) is 11.7 Å². The molecule has 28 heavy (non-hydrogen) atoms. The lowest BCUT2D eigenvalue weighted by atomic mass is 9.90. The maximum atomic E-state index is 12.6. The van der Waals surface area contributed by atoms with E-state index in [4.69, 9.17) is 10.7 Å². The minimum atomic E-state index is -0.456. The van der Waals surface area contributed by atoms with E-state index in [1.807, 2.05) is 12.1 Å². The van der Waals surface area contributed by atoms with Gasteiger partial charge < -0.3 is 11.1 Å². The van der Waals surface area contributed by atoms with Crippen molar-refractivity contribution in [3.8, 4) is 10.6 Å². The molecular formula is C21H20N4O2S. The monoisotopic (exact) mass is 392 g/mol. The number of nitrogens with zero attached hydrogens (tertiary/aromatic N) is 2. The number of carbonyl (C=O) groups excluding carboxylic acids is 2. The van der Waals surface area contributed by atoms with Gasteiger partial charge in [-0.25, -0.2) is 4.98 Å². The first-order valence-corrected chi connectivity index (χ1v) is 9.97. The highest BCUT2D eigenvalue weighted by atomic mass is 32.1. The SMILES string of the molecule is NC(=O)c1ccc(CNC(=O)C2CCc3sc(-c4ccncc4)nc3C2)cc1. The second-order valence-corrected chi connectivity index (χ2v) is 7.93. The Labute approximate surface area is 166 Å². The predicted molar refractivity (Wildman–Crippen MR) is 108 cm³/mol. The third-order valence-corrected chi connectivity index (χ3v) is 6.15. The van der Waals surface area contributed by atoms with Gasteiger partial charge in [0.15, 0.2) is 0 Å². The molecule has 7 heteroatoms. The maximum Gasteiger partial charge on any atom is 0.248 e. The molecule has 142 valence electrons. The Kier molecular flexibility index (Phi) is 5.16. The quantitative estimate of drug-likeness (QED) is 0.697. The predicted octanol–water partition coefficient (Wildman–Crippen LogP) is 2.73. The van der Waals surface area contributed by atoms with Crippen LogP contribution in [0.3, 0.4) is 0 Å². The molecule has 0 saturated carbocycles. The molecular weight excluding hydrogens is 372 g/mol. The minimum Gasteiger partial charge on any atom is -0.366 e. The maximum absolute atomic E-state index is 12.6. The Balaban J connectivity index is 1.38. The van der Waals surface area contributed by atoms with Crippen LogP contribution >= 0.6 is 11.3 Å². The molecule has 0 aliphatic heterocycles. The topological polar surface area (TPSA) is 98.0 Å². The van der Waals surface area contributed by atoms with Crippen LogP contribution in [0.4, 0.5) is 0 Å². The third-order valence-electron chi connectivity index (χ3n) is 4.94. The standard InChI is InChI=1S/C21H20N4O2S/c22-19(26)14-3-1-13(2-4-14)12-24-20(27)16-5-6-18-17(11-16)25-21(28-18)15-7-9-23-10-8-15/h1-4,7-10,16H,5-6,11-12H2,(H2,22,26)(H,24,27). The summed E-state index contributed by atoms with van der Waals surface area (Å²) in [6.45, 7) is 0.431. The number of benzene rings is 1. The Morgan fingerprint density at radius 1 is 1.14 bits per heavy atom. The molecule has 0 radical (unpaired) electrons. The largest absolute Gasteiger partial charge is 0.366 e. The molecule has 6 nitrogen and oxygen atoms in total. The minimum absolute atomic E-state index is 0.0445. The number of nitrogens with two attached hydrogens (primary N) is 1. The number of aromatic nitrogens is 2. The normalized spacial score (nSPS) is 15.6. The zero-order valence-electron chi connectivity index (χ0n) is 15.2. The summed E-state index contributed by atoms with van der Waals surface area (Å²) in [4.78, 5) is 33.8. The summed E-state index contributed by atoms with van der Waals surface area (Å²) >= 11 is 1.71. The molecule has 2 amide bonds. The fourth-order valence-electron chi connectivity index (χ4n) is 3.34. The van der Waals surface area contributed by atoms with E-state index in [-0.39, 0.29) is 11.8 Å². The smallest absolute Gasteiger partial charge is 0.248 e. The number of thiazole rings is 1. The number of primary amides is 1. The number of aryl methyl sites for hydroxylation is 1. The molecule has 1 unspecified atom stereocenters. The number of fused-ring (bicyclic) bond motifs is 1. The number of amides is 2. The molecule has 0 spiro atoms. The zero-order chi connectivity index (χ0) is 19.5. The summed E-state index contributed by atoms with van der Waals surface area (Å²) in [6, 6.07) is 10.9. The Bertz CT molecular complexity index is 999. The van der Waals surface area contributed by atoms with Gasteiger partial charge in [0.2, 0.25) is 11.8 Å². The average Bonchev–Trinajstić information content (AvgIpc) is 3.16. The van der Waals surface area contributed by atoms with Crippen molar-refractivity contribution >= 4 is 23.2 Å². The lowest BCUT2D eigenvalue weighted by Gasteiger charge is -2.20. The van der Waals surface area contributed by atoms with E-state index < -0.39 is 5.91 Å². The molecule has 0 fully saturated rings. The summed E-state index contributed by atoms with van der Waals surface area (Å²) in [6.07, 6.45) is 5.91. The van der Waals surface area contributed by atoms with Gasteiger partial charge in [0.25, 0.3) is 0 Å². The van der Waals surface area contributed by atoms with Crippen molar-refractivity contribution in [2.45, 2.75) is 25.8 Å². The zero-order valence-corrected chi connectivity index (χ0v) is 16.0. The molecule has 3 N–H and O–H groups in total. The fraction of sp³-hybridized carbons (Fsp3) is 0.238. The van der Waals surface area contributed by atoms with Crippen molar-refractivity contribution in [2.75, 3.05) is 0 Å². The van der Waals surface area contributed by atoms with E-state index in [2.05, 4.69) is 10.3 Å². The second kappa shape index (κ2) is 7.90. The molecule has 3 aromatic rings. The van der Waals surface area contributed by atoms with Gasteiger partial charge in [-0.05, 0) is 42.7 Å². The molecule has 1 aliphatic rings. The van der Waals surface area contributed by atoms with E-state index in [1.54, 1.807) is 48.0 Å². The first-order chi connectivity index (χ1) is 13.6. The molecule has 4 rings (SSSR count). The Hall–Kier alpha value is -3.06. The van der Waals surface area contributed by atoms with Crippen molar-refractivity contribution < 1.29 is 9.59 Å². The van der Waals surface area contributed by atoms with Crippen molar-refractivity contribution in [1.29, 1.82) is 0 Å². The van der Waals surface area contributed by atoms with Gasteiger partial charge in [-0.1, -0.05) is 12.1 Å². The summed E-state index contributed by atoms with van der Waals surface area (Å²) < 4.78 is 0. The summed E-state index contributed by atoms with van der Waals surface area (Å²) in [7, 11) is 0. The van der Waals surface area contributed by atoms with Crippen LogP contribution < -0.4 is 11.1 Å². The van der Waals surface area contributed by atoms with Crippen LogP contribution in [-0.2, 0) is 24.2 Å². The van der Waals surface area contributed by atoms with Crippen molar-refractivity contribution in [3.05, 3.63) is 70.5 Å². The average molecular weight is 392 g/mol. The summed E-state index contributed by atoms with van der Waals surface area (Å²) in [5.41, 5.74) is 8.74. The van der Waals surface area contributed by atoms with Gasteiger partial charge in [-0.2, -0.15) is 0 Å². The summed E-state index contributed by atoms with van der Waals surface area (Å²) in [5.74, 6) is -0.476. The van der Waals surface area contributed by atoms with E-state index in [0.717, 1.165) is 34.7 Å². The third kappa shape index (κ3) is 3.94.